The van der Waals surface area contributed by atoms with Crippen molar-refractivity contribution in [3.8, 4) is 5.75 Å². The van der Waals surface area contributed by atoms with Crippen molar-refractivity contribution in [3.63, 3.8) is 0 Å². The van der Waals surface area contributed by atoms with Gasteiger partial charge in [-0.05, 0) is 66.0 Å². The van der Waals surface area contributed by atoms with E-state index in [0.29, 0.717) is 22.2 Å². The Hall–Kier alpha value is -4.26. The largest absolute Gasteiger partial charge is 0.508 e. The maximum absolute atomic E-state index is 13.3. The van der Waals surface area contributed by atoms with E-state index in [1.54, 1.807) is 24.3 Å². The molecule has 6 nitrogen and oxygen atoms in total. The Morgan fingerprint density at radius 1 is 0.969 bits per heavy atom. The molecule has 0 saturated carbocycles. The second-order valence-electron chi connectivity index (χ2n) is 7.32. The number of ketones is 1. The van der Waals surface area contributed by atoms with Crippen LogP contribution in [0.15, 0.2) is 83.7 Å². The van der Waals surface area contributed by atoms with E-state index in [1.807, 2.05) is 0 Å². The summed E-state index contributed by atoms with van der Waals surface area (Å²) in [5, 5.41) is 10.1. The third kappa shape index (κ3) is 4.00. The fraction of sp³-hybridized carbons (Fsp3) is 0.0800. The number of carbonyl (C=O) groups is 2. The summed E-state index contributed by atoms with van der Waals surface area (Å²) in [7, 11) is 1.50. The number of carbonyl (C=O) groups excluding carboxylic acids is 2. The van der Waals surface area contributed by atoms with Gasteiger partial charge in [-0.25, -0.2) is 4.39 Å². The molecule has 0 unspecified atom stereocenters. The number of anilines is 1. The minimum absolute atomic E-state index is 0.0283. The predicted molar refractivity (Wildman–Crippen MR) is 120 cm³/mol. The summed E-state index contributed by atoms with van der Waals surface area (Å²) in [6.45, 7) is -0.272. The monoisotopic (exact) mass is 430 g/mol. The molecule has 3 aromatic carbocycles. The number of hydrogen-bond donors (Lipinski definition) is 1. The molecular weight excluding hydrogens is 411 g/mol. The zero-order chi connectivity index (χ0) is 22.8. The fourth-order valence-corrected chi connectivity index (χ4v) is 3.48. The predicted octanol–water partition coefficient (Wildman–Crippen LogP) is 4.01. The summed E-state index contributed by atoms with van der Waals surface area (Å²) in [6.07, 6.45) is 0. The summed E-state index contributed by atoms with van der Waals surface area (Å²) >= 11 is 0. The molecule has 0 fully saturated rings. The van der Waals surface area contributed by atoms with Crippen molar-refractivity contribution >= 4 is 28.3 Å². The number of Topliss-reactive ketones (excluding diaryl/α,β-unsaturated/α-hetero) is 1. The number of amides is 1. The summed E-state index contributed by atoms with van der Waals surface area (Å²) in [5.41, 5.74) is 0.573. The van der Waals surface area contributed by atoms with Gasteiger partial charge < -0.3 is 10.0 Å². The minimum Gasteiger partial charge on any atom is -0.508 e. The molecule has 160 valence electrons. The van der Waals surface area contributed by atoms with Gasteiger partial charge in [0, 0.05) is 18.3 Å². The maximum atomic E-state index is 13.3. The molecule has 1 N–H and O–H groups in total. The van der Waals surface area contributed by atoms with E-state index in [0.717, 1.165) is 0 Å². The highest BCUT2D eigenvalue weighted by molar-refractivity contribution is 6.07. The molecule has 4 aromatic rings. The normalized spacial score (nSPS) is 10.8. The van der Waals surface area contributed by atoms with Crippen LogP contribution in [-0.4, -0.2) is 28.4 Å². The first-order chi connectivity index (χ1) is 15.3. The third-order valence-electron chi connectivity index (χ3n) is 5.24. The Labute approximate surface area is 182 Å². The van der Waals surface area contributed by atoms with Gasteiger partial charge in [-0.3, -0.25) is 19.0 Å². The highest BCUT2D eigenvalue weighted by Gasteiger charge is 2.21. The van der Waals surface area contributed by atoms with Gasteiger partial charge in [-0.2, -0.15) is 0 Å². The van der Waals surface area contributed by atoms with Crippen LogP contribution in [0.3, 0.4) is 0 Å². The van der Waals surface area contributed by atoms with Crippen LogP contribution < -0.4 is 10.5 Å². The average molecular weight is 430 g/mol. The first kappa shape index (κ1) is 21.0. The second-order valence-corrected chi connectivity index (χ2v) is 7.32. The Morgan fingerprint density at radius 2 is 1.62 bits per heavy atom. The van der Waals surface area contributed by atoms with Gasteiger partial charge in [0.15, 0.2) is 5.78 Å². The number of pyridine rings is 1. The summed E-state index contributed by atoms with van der Waals surface area (Å²) in [4.78, 5) is 40.5. The number of para-hydroxylation sites is 1. The molecule has 0 aliphatic heterocycles. The first-order valence-electron chi connectivity index (χ1n) is 9.83. The van der Waals surface area contributed by atoms with Gasteiger partial charge >= 0.3 is 0 Å². The number of rotatable bonds is 5. The lowest BCUT2D eigenvalue weighted by Crippen LogP contribution is -2.35. The maximum Gasteiger partial charge on any atom is 0.264 e. The first-order valence-corrected chi connectivity index (χ1v) is 9.83. The number of nitrogens with zero attached hydrogens (tertiary/aromatic N) is 2. The van der Waals surface area contributed by atoms with E-state index in [-0.39, 0.29) is 23.6 Å². The second kappa shape index (κ2) is 8.47. The lowest BCUT2D eigenvalue weighted by Gasteiger charge is -2.19. The average Bonchev–Trinajstić information content (AvgIpc) is 2.80. The molecular formula is C25H19FN2O4. The van der Waals surface area contributed by atoms with Crippen LogP contribution in [0.2, 0.25) is 0 Å². The molecule has 1 heterocycles. The summed E-state index contributed by atoms with van der Waals surface area (Å²) < 4.78 is 14.5. The van der Waals surface area contributed by atoms with Crippen LogP contribution in [0.5, 0.6) is 5.75 Å². The Balaban J connectivity index is 1.77. The molecule has 4 rings (SSSR count). The van der Waals surface area contributed by atoms with E-state index in [1.165, 1.54) is 71.1 Å². The van der Waals surface area contributed by atoms with Crippen molar-refractivity contribution < 1.29 is 19.1 Å². The summed E-state index contributed by atoms with van der Waals surface area (Å²) in [5.74, 6) is -1.32. The van der Waals surface area contributed by atoms with Crippen LogP contribution in [0.25, 0.3) is 10.9 Å². The molecule has 1 aromatic heterocycles. The van der Waals surface area contributed by atoms with E-state index < -0.39 is 17.3 Å². The van der Waals surface area contributed by atoms with Crippen LogP contribution >= 0.6 is 0 Å². The Morgan fingerprint density at radius 3 is 2.31 bits per heavy atom. The zero-order valence-electron chi connectivity index (χ0n) is 17.2. The Kier molecular flexibility index (Phi) is 5.55. The number of benzene rings is 3. The smallest absolute Gasteiger partial charge is 0.264 e. The zero-order valence-corrected chi connectivity index (χ0v) is 17.2. The van der Waals surface area contributed by atoms with Crippen molar-refractivity contribution in [3.05, 3.63) is 106 Å². The van der Waals surface area contributed by atoms with E-state index in [4.69, 9.17) is 0 Å². The van der Waals surface area contributed by atoms with Gasteiger partial charge in [-0.1, -0.05) is 18.2 Å². The van der Waals surface area contributed by atoms with Crippen LogP contribution in [0, 0.1) is 5.82 Å². The number of halogens is 1. The molecule has 0 bridgehead atoms. The molecule has 0 spiro atoms. The molecule has 32 heavy (non-hydrogen) atoms. The van der Waals surface area contributed by atoms with Gasteiger partial charge in [0.1, 0.15) is 17.1 Å². The molecule has 0 atom stereocenters. The molecule has 0 aliphatic rings. The van der Waals surface area contributed by atoms with Gasteiger partial charge in [-0.15, -0.1) is 0 Å². The number of aromatic nitrogens is 1. The molecule has 0 aliphatic carbocycles. The number of aromatic hydroxyl groups is 1. The lowest BCUT2D eigenvalue weighted by molar-refractivity contribution is 0.0963. The van der Waals surface area contributed by atoms with Crippen molar-refractivity contribution in [2.24, 2.45) is 0 Å². The number of phenols is 1. The van der Waals surface area contributed by atoms with Crippen LogP contribution in [-0.2, 0) is 6.54 Å². The summed E-state index contributed by atoms with van der Waals surface area (Å²) in [6, 6.07) is 19.6. The lowest BCUT2D eigenvalue weighted by atomic mass is 10.1. The van der Waals surface area contributed by atoms with E-state index >= 15 is 0 Å². The van der Waals surface area contributed by atoms with E-state index in [2.05, 4.69) is 0 Å². The van der Waals surface area contributed by atoms with Crippen LogP contribution in [0.1, 0.15) is 20.7 Å². The van der Waals surface area contributed by atoms with Crippen molar-refractivity contribution in [1.82, 2.24) is 4.57 Å². The van der Waals surface area contributed by atoms with E-state index in [9.17, 15) is 23.9 Å². The minimum atomic E-state index is -0.602. The van der Waals surface area contributed by atoms with Crippen molar-refractivity contribution in [2.45, 2.75) is 6.54 Å². The third-order valence-corrected chi connectivity index (χ3v) is 5.24. The van der Waals surface area contributed by atoms with Gasteiger partial charge in [0.2, 0.25) is 0 Å². The quantitative estimate of drug-likeness (QED) is 0.486. The van der Waals surface area contributed by atoms with Crippen molar-refractivity contribution in [1.29, 1.82) is 0 Å². The van der Waals surface area contributed by atoms with Gasteiger partial charge in [0.05, 0.1) is 12.1 Å². The van der Waals surface area contributed by atoms with Crippen LogP contribution in [0.4, 0.5) is 10.1 Å². The number of fused-ring (bicyclic) bond motifs is 1. The van der Waals surface area contributed by atoms with Crippen molar-refractivity contribution in [2.75, 3.05) is 11.9 Å². The molecule has 7 heteroatoms. The standard InChI is InChI=1S/C25H19FN2O4/c1-27(19-10-8-18(26)9-11-19)24(31)21-14-17-4-2-3-5-22(17)28(25(21)32)15-23(30)16-6-12-20(29)13-7-16/h2-14,29H,15H2,1H3. The SMILES string of the molecule is CN(C(=O)c1cc2ccccc2n(CC(=O)c2ccc(O)cc2)c1=O)c1ccc(F)cc1. The number of phenolic OH excluding ortho intramolecular Hbond substituents is 1. The topological polar surface area (TPSA) is 79.6 Å². The highest BCUT2D eigenvalue weighted by Crippen LogP contribution is 2.19. The Bertz CT molecular complexity index is 1380. The fourth-order valence-electron chi connectivity index (χ4n) is 3.48. The molecule has 1 amide bonds. The highest BCUT2D eigenvalue weighted by atomic mass is 19.1. The molecule has 0 radical (unpaired) electrons. The molecule has 0 saturated heterocycles. The van der Waals surface area contributed by atoms with Gasteiger partial charge in [0.25, 0.3) is 11.5 Å². The number of hydrogen-bond acceptors (Lipinski definition) is 4.